The van der Waals surface area contributed by atoms with Gasteiger partial charge < -0.3 is 114 Å². The Hall–Kier alpha value is -10.5. The lowest BCUT2D eigenvalue weighted by Gasteiger charge is -2.47. The van der Waals surface area contributed by atoms with Crippen LogP contribution in [0.2, 0.25) is 0 Å². The summed E-state index contributed by atoms with van der Waals surface area (Å²) in [6.07, 6.45) is -19.8. The molecule has 2 fully saturated rings. The van der Waals surface area contributed by atoms with Crippen molar-refractivity contribution in [2.45, 2.75) is 150 Å². The molecule has 30 nitrogen and oxygen atoms in total. The SMILES string of the molecule is O=C(NCC[C@H](O)C(=O)N[C@@H]1C[C@H](NC(=O)OCc2ccccc2)[C@@H](O[C@H]2O[C@H](CNC(=O)OCc3ccccc3)C=C[C@H]2NC(=O)OCc2ccccc2)[C@H](O[C@@H]2O[C@H](CO)[C@@H](O[C@H]3O[C@H](CNC(=O)OCc4ccccc4)C=C[C@H]3NC(=O)OCc3ccccc3)[C@H]2O)[C@H]1O)OCc1ccccc1. The Bertz CT molecular complexity index is 3770. The molecule has 30 heteroatoms. The van der Waals surface area contributed by atoms with Gasteiger partial charge in [0.15, 0.2) is 18.9 Å². The number of hydrogen-bond donors (Lipinski definition) is 11. The van der Waals surface area contributed by atoms with E-state index in [9.17, 15) is 54.0 Å². The van der Waals surface area contributed by atoms with Gasteiger partial charge in [0.2, 0.25) is 5.91 Å². The van der Waals surface area contributed by atoms with E-state index in [1.165, 1.54) is 24.3 Å². The van der Waals surface area contributed by atoms with Crippen LogP contribution in [0.15, 0.2) is 206 Å². The van der Waals surface area contributed by atoms with Crippen LogP contribution >= 0.6 is 0 Å². The smallest absolute Gasteiger partial charge is 0.408 e. The molecule has 4 aliphatic rings. The third kappa shape index (κ3) is 24.3. The fraction of sp³-hybridized carbons (Fsp3) is 0.373. The highest BCUT2D eigenvalue weighted by molar-refractivity contribution is 5.81. The molecular formula is C75H85N7O23. The van der Waals surface area contributed by atoms with Crippen molar-refractivity contribution in [3.8, 4) is 0 Å². The molecule has 1 saturated heterocycles. The Morgan fingerprint density at radius 2 is 0.743 bits per heavy atom. The first-order valence-corrected chi connectivity index (χ1v) is 34.1. The van der Waals surface area contributed by atoms with Crippen molar-refractivity contribution in [2.75, 3.05) is 26.2 Å². The summed E-state index contributed by atoms with van der Waals surface area (Å²) in [7, 11) is 0. The van der Waals surface area contributed by atoms with E-state index < -0.39 is 153 Å². The fourth-order valence-corrected chi connectivity index (χ4v) is 11.5. The van der Waals surface area contributed by atoms with Crippen LogP contribution < -0.4 is 37.2 Å². The molecule has 0 bridgehead atoms. The van der Waals surface area contributed by atoms with E-state index in [1.807, 2.05) is 12.1 Å². The molecule has 0 unspecified atom stereocenters. The molecule has 6 aromatic carbocycles. The molecule has 0 radical (unpaired) electrons. The highest BCUT2D eigenvalue weighted by Crippen LogP contribution is 2.35. The first-order valence-electron chi connectivity index (χ1n) is 34.1. The number of benzene rings is 6. The van der Waals surface area contributed by atoms with Gasteiger partial charge in [-0.3, -0.25) is 4.79 Å². The van der Waals surface area contributed by atoms with Crippen LogP contribution in [0.4, 0.5) is 28.8 Å². The summed E-state index contributed by atoms with van der Waals surface area (Å²) >= 11 is 0. The monoisotopic (exact) mass is 1450 g/mol. The second-order valence-electron chi connectivity index (χ2n) is 24.7. The Morgan fingerprint density at radius 1 is 0.390 bits per heavy atom. The van der Waals surface area contributed by atoms with Crippen molar-refractivity contribution in [3.63, 3.8) is 0 Å². The molecule has 11 N–H and O–H groups in total. The molecule has 1 saturated carbocycles. The van der Waals surface area contributed by atoms with E-state index in [1.54, 1.807) is 170 Å². The summed E-state index contributed by atoms with van der Waals surface area (Å²) in [5, 5.41) is 66.4. The maximum Gasteiger partial charge on any atom is 0.408 e. The fourth-order valence-electron chi connectivity index (χ4n) is 11.5. The molecule has 6 aromatic rings. The van der Waals surface area contributed by atoms with Gasteiger partial charge in [0.25, 0.3) is 0 Å². The standard InChI is InChI=1S/C75H85N7O23/c83-40-60-64(104-68-56(81-74(92)98-45-51-27-15-5-16-28-51)34-32-54(101-68)39-78-72(90)96-43-49-23-11-3-12-24-49)62(86)69(102-60)105-65-61(85)57(79-66(87)59(84)35-36-76-70(88)94-41-47-19-7-1-8-20-47)37-58(82-75(93)99-46-52-29-17-6-18-30-52)63(65)103-67-55(80-73(91)97-44-50-25-13-4-14-26-50)33-31-53(100-67)38-77-71(89)95-42-48-21-9-2-10-22-48/h1-34,53-65,67-69,83-86H,35-46H2,(H,76,88)(H,77,89)(H,78,90)(H,79,87)(H,80,91)(H,81,92)(H,82,93)/t53-,54-,55+,56+,57+,58-,59-,60+,61-,62+,63+,64+,65+,67+,68+,69-/m0/s1. The number of amides is 7. The Labute approximate surface area is 604 Å². The van der Waals surface area contributed by atoms with Gasteiger partial charge in [0.1, 0.15) is 94.5 Å². The van der Waals surface area contributed by atoms with Crippen LogP contribution in [0, 0.1) is 0 Å². The largest absolute Gasteiger partial charge is 0.445 e. The Balaban J connectivity index is 0.927. The normalized spacial score (nSPS) is 24.8. The predicted octanol–water partition coefficient (Wildman–Crippen LogP) is 5.45. The van der Waals surface area contributed by atoms with Gasteiger partial charge in [-0.2, -0.15) is 0 Å². The minimum Gasteiger partial charge on any atom is -0.445 e. The molecule has 16 atom stereocenters. The van der Waals surface area contributed by atoms with Gasteiger partial charge in [-0.05, 0) is 46.2 Å². The van der Waals surface area contributed by atoms with Gasteiger partial charge in [0, 0.05) is 6.54 Å². The second-order valence-corrected chi connectivity index (χ2v) is 24.7. The number of ether oxygens (including phenoxy) is 12. The molecule has 0 aromatic heterocycles. The Kier molecular flexibility index (Phi) is 29.3. The van der Waals surface area contributed by atoms with Crippen molar-refractivity contribution in [1.82, 2.24) is 37.2 Å². The number of aliphatic hydroxyl groups excluding tert-OH is 4. The van der Waals surface area contributed by atoms with E-state index >= 15 is 0 Å². The zero-order valence-electron chi connectivity index (χ0n) is 56.9. The van der Waals surface area contributed by atoms with Gasteiger partial charge in [-0.15, -0.1) is 0 Å². The summed E-state index contributed by atoms with van der Waals surface area (Å²) in [4.78, 5) is 94.5. The molecule has 558 valence electrons. The van der Waals surface area contributed by atoms with Crippen molar-refractivity contribution < 1.29 is 111 Å². The predicted molar refractivity (Wildman–Crippen MR) is 370 cm³/mol. The van der Waals surface area contributed by atoms with Crippen LogP contribution in [0.1, 0.15) is 46.2 Å². The number of rotatable bonds is 31. The van der Waals surface area contributed by atoms with Crippen molar-refractivity contribution in [2.24, 2.45) is 0 Å². The minimum atomic E-state index is -1.98. The van der Waals surface area contributed by atoms with E-state index in [0.29, 0.717) is 27.8 Å². The summed E-state index contributed by atoms with van der Waals surface area (Å²) in [5.74, 6) is -1.06. The lowest BCUT2D eigenvalue weighted by Crippen LogP contribution is -2.68. The first kappa shape index (κ1) is 77.1. The minimum absolute atomic E-state index is 0.0397. The number of hydrogen-bond acceptors (Lipinski definition) is 23. The maximum absolute atomic E-state index is 14.3. The first-order chi connectivity index (χ1) is 51.1. The lowest BCUT2D eigenvalue weighted by atomic mass is 9.83. The molecule has 0 spiro atoms. The third-order valence-corrected chi connectivity index (χ3v) is 17.0. The number of carbonyl (C=O) groups is 7. The van der Waals surface area contributed by atoms with E-state index in [0.717, 1.165) is 5.56 Å². The van der Waals surface area contributed by atoms with Crippen LogP contribution in [0.3, 0.4) is 0 Å². The second kappa shape index (κ2) is 39.9. The summed E-state index contributed by atoms with van der Waals surface area (Å²) in [6, 6.07) is 47.6. The summed E-state index contributed by atoms with van der Waals surface area (Å²) < 4.78 is 72.1. The third-order valence-electron chi connectivity index (χ3n) is 17.0. The molecule has 105 heavy (non-hydrogen) atoms. The topological polar surface area (TPSA) is 395 Å². The number of alkyl carbamates (subject to hydrolysis) is 6. The number of nitrogens with one attached hydrogen (secondary N) is 7. The average Bonchev–Trinajstić information content (AvgIpc) is 1.67. The van der Waals surface area contributed by atoms with Gasteiger partial charge in [-0.25, -0.2) is 28.8 Å². The quantitative estimate of drug-likeness (QED) is 0.0190. The molecular weight excluding hydrogens is 1370 g/mol. The summed E-state index contributed by atoms with van der Waals surface area (Å²) in [5.41, 5.74) is 4.07. The highest BCUT2D eigenvalue weighted by Gasteiger charge is 2.55. The van der Waals surface area contributed by atoms with Crippen molar-refractivity contribution in [3.05, 3.63) is 240 Å². The molecule has 3 heterocycles. The van der Waals surface area contributed by atoms with E-state index in [2.05, 4.69) is 37.2 Å². The molecule has 10 rings (SSSR count). The Morgan fingerprint density at radius 3 is 1.13 bits per heavy atom. The molecule has 1 aliphatic carbocycles. The molecule has 3 aliphatic heterocycles. The van der Waals surface area contributed by atoms with Crippen LogP contribution in [0.5, 0.6) is 0 Å². The number of aliphatic hydroxyl groups is 4. The van der Waals surface area contributed by atoms with Gasteiger partial charge in [-0.1, -0.05) is 206 Å². The van der Waals surface area contributed by atoms with Crippen molar-refractivity contribution in [1.29, 1.82) is 0 Å². The van der Waals surface area contributed by atoms with E-state index in [4.69, 9.17) is 56.8 Å². The zero-order chi connectivity index (χ0) is 73.7. The van der Waals surface area contributed by atoms with Gasteiger partial charge in [0.05, 0.1) is 44.0 Å². The summed E-state index contributed by atoms with van der Waals surface area (Å²) in [6.45, 7) is -2.26. The van der Waals surface area contributed by atoms with E-state index in [-0.39, 0.29) is 65.7 Å². The van der Waals surface area contributed by atoms with Crippen molar-refractivity contribution >= 4 is 42.5 Å². The highest BCUT2D eigenvalue weighted by atomic mass is 16.8. The average molecular weight is 1450 g/mol. The van der Waals surface area contributed by atoms with Crippen LogP contribution in [0.25, 0.3) is 0 Å². The molecule has 7 amide bonds. The zero-order valence-corrected chi connectivity index (χ0v) is 56.9. The lowest BCUT2D eigenvalue weighted by molar-refractivity contribution is -0.282. The van der Waals surface area contributed by atoms with Crippen LogP contribution in [-0.4, -0.2) is 187 Å². The number of carbonyl (C=O) groups excluding carboxylic acids is 7. The maximum atomic E-state index is 14.3. The van der Waals surface area contributed by atoms with Crippen LogP contribution in [-0.2, 0) is 101 Å². The van der Waals surface area contributed by atoms with Gasteiger partial charge >= 0.3 is 36.6 Å².